The van der Waals surface area contributed by atoms with Gasteiger partial charge in [-0.1, -0.05) is 6.92 Å². The van der Waals surface area contributed by atoms with Crippen molar-refractivity contribution in [3.63, 3.8) is 0 Å². The number of aromatic nitrogens is 2. The number of H-pyrrole nitrogens is 1. The first-order valence-corrected chi connectivity index (χ1v) is 3.34. The van der Waals surface area contributed by atoms with Crippen molar-refractivity contribution in [3.8, 4) is 0 Å². The Kier molecular flexibility index (Phi) is 4.68. The molecule has 0 radical (unpaired) electrons. The molecule has 1 N–H and O–H groups in total. The highest BCUT2D eigenvalue weighted by molar-refractivity contribution is 14.0. The van der Waals surface area contributed by atoms with Crippen LogP contribution >= 0.6 is 24.0 Å². The predicted molar refractivity (Wildman–Crippen MR) is 52.7 cm³/mol. The van der Waals surface area contributed by atoms with Gasteiger partial charge in [-0.15, -0.1) is 24.0 Å². The fraction of sp³-hybridized carbons (Fsp3) is 0.571. The molecule has 1 aromatic rings. The molecule has 3 heteroatoms. The number of aryl methyl sites for hydroxylation is 2. The molecule has 0 atom stereocenters. The molecule has 0 aliphatic rings. The summed E-state index contributed by atoms with van der Waals surface area (Å²) in [6.07, 6.45) is 4.16. The largest absolute Gasteiger partial charge is 0.348 e. The molecule has 2 nitrogen and oxygen atoms in total. The zero-order chi connectivity index (χ0) is 6.69. The van der Waals surface area contributed by atoms with Crippen molar-refractivity contribution in [2.75, 3.05) is 0 Å². The second kappa shape index (κ2) is 4.71. The minimum atomic E-state index is 0. The molecule has 1 aromatic heterocycles. The summed E-state index contributed by atoms with van der Waals surface area (Å²) < 4.78 is 0. The maximum atomic E-state index is 4.24. The third-order valence-corrected chi connectivity index (χ3v) is 1.25. The lowest BCUT2D eigenvalue weighted by Gasteiger charge is -1.86. The predicted octanol–water partition coefficient (Wildman–Crippen LogP) is 2.29. The second-order valence-electron chi connectivity index (χ2n) is 2.24. The average Bonchev–Trinajstić information content (AvgIpc) is 2.17. The minimum Gasteiger partial charge on any atom is -0.348 e. The first kappa shape index (κ1) is 9.94. The van der Waals surface area contributed by atoms with Crippen LogP contribution in [0.5, 0.6) is 0 Å². The molecule has 58 valence electrons. The van der Waals surface area contributed by atoms with Crippen LogP contribution in [-0.4, -0.2) is 9.97 Å². The van der Waals surface area contributed by atoms with E-state index in [0.717, 1.165) is 24.4 Å². The van der Waals surface area contributed by atoms with E-state index in [0.29, 0.717) is 0 Å². The first-order valence-electron chi connectivity index (χ1n) is 3.34. The number of rotatable bonds is 2. The quantitative estimate of drug-likeness (QED) is 0.804. The molecule has 1 heterocycles. The van der Waals surface area contributed by atoms with Gasteiger partial charge in [0.1, 0.15) is 5.82 Å². The van der Waals surface area contributed by atoms with Crippen molar-refractivity contribution in [1.82, 2.24) is 9.97 Å². The van der Waals surface area contributed by atoms with Crippen molar-refractivity contribution in [1.29, 1.82) is 0 Å². The topological polar surface area (TPSA) is 28.7 Å². The van der Waals surface area contributed by atoms with Crippen LogP contribution in [0.4, 0.5) is 0 Å². The summed E-state index contributed by atoms with van der Waals surface area (Å²) in [6, 6.07) is 0. The molecule has 10 heavy (non-hydrogen) atoms. The summed E-state index contributed by atoms with van der Waals surface area (Å²) in [5.74, 6) is 1.11. The van der Waals surface area contributed by atoms with Crippen LogP contribution in [-0.2, 0) is 6.42 Å². The van der Waals surface area contributed by atoms with E-state index in [1.165, 1.54) is 0 Å². The molecule has 0 aliphatic heterocycles. The van der Waals surface area contributed by atoms with Crippen LogP contribution in [0, 0.1) is 6.92 Å². The number of aromatic amines is 1. The monoisotopic (exact) mass is 252 g/mol. The van der Waals surface area contributed by atoms with E-state index in [-0.39, 0.29) is 24.0 Å². The number of nitrogens with one attached hydrogen (secondary N) is 1. The summed E-state index contributed by atoms with van der Waals surface area (Å²) in [6.45, 7) is 4.15. The highest BCUT2D eigenvalue weighted by Crippen LogP contribution is 1.96. The SMILES string of the molecule is CCCc1nc(C)c[nH]1.I. The maximum absolute atomic E-state index is 4.24. The van der Waals surface area contributed by atoms with Crippen LogP contribution < -0.4 is 0 Å². The Balaban J connectivity index is 0.000000810. The van der Waals surface area contributed by atoms with E-state index in [4.69, 9.17) is 0 Å². The van der Waals surface area contributed by atoms with Gasteiger partial charge in [0.25, 0.3) is 0 Å². The molecule has 0 aliphatic carbocycles. The lowest BCUT2D eigenvalue weighted by molar-refractivity contribution is 0.854. The van der Waals surface area contributed by atoms with Gasteiger partial charge in [-0.05, 0) is 13.3 Å². The highest BCUT2D eigenvalue weighted by Gasteiger charge is 1.92. The minimum absolute atomic E-state index is 0. The van der Waals surface area contributed by atoms with Crippen molar-refractivity contribution >= 4 is 24.0 Å². The van der Waals surface area contributed by atoms with Crippen molar-refractivity contribution < 1.29 is 0 Å². The first-order chi connectivity index (χ1) is 4.33. The Morgan fingerprint density at radius 3 is 2.70 bits per heavy atom. The zero-order valence-corrected chi connectivity index (χ0v) is 8.68. The van der Waals surface area contributed by atoms with Crippen LogP contribution in [0.2, 0.25) is 0 Å². The van der Waals surface area contributed by atoms with Gasteiger partial charge in [-0.25, -0.2) is 4.98 Å². The maximum Gasteiger partial charge on any atom is 0.106 e. The molecule has 0 amide bonds. The number of halogens is 1. The molecule has 1 rings (SSSR count). The van der Waals surface area contributed by atoms with Gasteiger partial charge in [0.15, 0.2) is 0 Å². The Morgan fingerprint density at radius 1 is 1.60 bits per heavy atom. The molecule has 0 saturated heterocycles. The highest BCUT2D eigenvalue weighted by atomic mass is 127. The lowest BCUT2D eigenvalue weighted by atomic mass is 10.3. The van der Waals surface area contributed by atoms with E-state index >= 15 is 0 Å². The number of imidazole rings is 1. The van der Waals surface area contributed by atoms with Crippen molar-refractivity contribution in [3.05, 3.63) is 17.7 Å². The molecule has 0 fully saturated rings. The summed E-state index contributed by atoms with van der Waals surface area (Å²) in [5, 5.41) is 0. The zero-order valence-electron chi connectivity index (χ0n) is 6.35. The van der Waals surface area contributed by atoms with Gasteiger partial charge in [-0.2, -0.15) is 0 Å². The normalized spacial score (nSPS) is 9.00. The molecule has 0 saturated carbocycles. The van der Waals surface area contributed by atoms with Gasteiger partial charge in [-0.3, -0.25) is 0 Å². The smallest absolute Gasteiger partial charge is 0.106 e. The fourth-order valence-electron chi connectivity index (χ4n) is 0.830. The Labute approximate surface area is 78.5 Å². The van der Waals surface area contributed by atoms with E-state index < -0.39 is 0 Å². The Morgan fingerprint density at radius 2 is 2.30 bits per heavy atom. The number of hydrogen-bond acceptors (Lipinski definition) is 1. The summed E-state index contributed by atoms with van der Waals surface area (Å²) in [4.78, 5) is 7.34. The summed E-state index contributed by atoms with van der Waals surface area (Å²) in [5.41, 5.74) is 1.08. The van der Waals surface area contributed by atoms with E-state index in [1.807, 2.05) is 13.1 Å². The van der Waals surface area contributed by atoms with E-state index in [2.05, 4.69) is 16.9 Å². The molecule has 0 spiro atoms. The van der Waals surface area contributed by atoms with Crippen LogP contribution in [0.1, 0.15) is 24.9 Å². The molecule has 0 bridgehead atoms. The van der Waals surface area contributed by atoms with Crippen LogP contribution in [0.25, 0.3) is 0 Å². The summed E-state index contributed by atoms with van der Waals surface area (Å²) in [7, 11) is 0. The van der Waals surface area contributed by atoms with Crippen molar-refractivity contribution in [2.45, 2.75) is 26.7 Å². The van der Waals surface area contributed by atoms with E-state index in [9.17, 15) is 0 Å². The van der Waals surface area contributed by atoms with Crippen LogP contribution in [0.15, 0.2) is 6.20 Å². The van der Waals surface area contributed by atoms with Gasteiger partial charge >= 0.3 is 0 Å². The number of hydrogen-bond donors (Lipinski definition) is 1. The van der Waals surface area contributed by atoms with Gasteiger partial charge in [0, 0.05) is 12.6 Å². The fourth-order valence-corrected chi connectivity index (χ4v) is 0.830. The Bertz CT molecular complexity index is 183. The standard InChI is InChI=1S/C7H12N2.HI/c1-3-4-7-8-5-6(2)9-7;/h5H,3-4H2,1-2H3,(H,8,9);1H. The molecule has 0 aromatic carbocycles. The molecule has 0 unspecified atom stereocenters. The third kappa shape index (κ3) is 2.68. The van der Waals surface area contributed by atoms with Gasteiger partial charge in [0.05, 0.1) is 5.69 Å². The van der Waals surface area contributed by atoms with Crippen LogP contribution in [0.3, 0.4) is 0 Å². The van der Waals surface area contributed by atoms with Gasteiger partial charge < -0.3 is 4.98 Å². The number of nitrogens with zero attached hydrogens (tertiary/aromatic N) is 1. The molecular weight excluding hydrogens is 239 g/mol. The van der Waals surface area contributed by atoms with Crippen molar-refractivity contribution in [2.24, 2.45) is 0 Å². The second-order valence-corrected chi connectivity index (χ2v) is 2.24. The summed E-state index contributed by atoms with van der Waals surface area (Å²) >= 11 is 0. The van der Waals surface area contributed by atoms with Gasteiger partial charge in [0.2, 0.25) is 0 Å². The Hall–Kier alpha value is -0.0600. The lowest BCUT2D eigenvalue weighted by Crippen LogP contribution is -1.84. The average molecular weight is 252 g/mol. The third-order valence-electron chi connectivity index (χ3n) is 1.25. The molecular formula is C7H13IN2. The van der Waals surface area contributed by atoms with E-state index in [1.54, 1.807) is 0 Å².